The molecule has 5 heteroatoms. The van der Waals surface area contributed by atoms with Crippen molar-refractivity contribution in [2.24, 2.45) is 0 Å². The standard InChI is InChI=1S/C21H21N3OS/c25-21-18-5-1-3-17-4-2-6-19(20(17)18)24(21)15-23-10-8-22(9-11-23)13-16-7-12-26-14-16/h1-7,12,14H,8-11,13,15H2. The summed E-state index contributed by atoms with van der Waals surface area (Å²) in [6, 6.07) is 14.4. The van der Waals surface area contributed by atoms with E-state index >= 15 is 0 Å². The summed E-state index contributed by atoms with van der Waals surface area (Å²) in [5.41, 5.74) is 3.30. The highest BCUT2D eigenvalue weighted by Gasteiger charge is 2.31. The van der Waals surface area contributed by atoms with E-state index in [-0.39, 0.29) is 5.91 Å². The summed E-state index contributed by atoms with van der Waals surface area (Å²) in [6.45, 7) is 5.81. The minimum atomic E-state index is 0.137. The van der Waals surface area contributed by atoms with Gasteiger partial charge in [0.25, 0.3) is 5.91 Å². The summed E-state index contributed by atoms with van der Waals surface area (Å²) in [4.78, 5) is 19.8. The number of amides is 1. The van der Waals surface area contributed by atoms with Gasteiger partial charge in [0.2, 0.25) is 0 Å². The van der Waals surface area contributed by atoms with Crippen LogP contribution in [-0.2, 0) is 6.54 Å². The van der Waals surface area contributed by atoms with Crippen LogP contribution < -0.4 is 4.90 Å². The third-order valence-corrected chi connectivity index (χ3v) is 6.17. The van der Waals surface area contributed by atoms with Gasteiger partial charge >= 0.3 is 0 Å². The number of hydrogen-bond donors (Lipinski definition) is 0. The third kappa shape index (κ3) is 2.72. The average Bonchev–Trinajstić information content (AvgIpc) is 3.27. The predicted octanol–water partition coefficient (Wildman–Crippen LogP) is 3.64. The number of thiophene rings is 1. The minimum Gasteiger partial charge on any atom is -0.297 e. The molecular formula is C21H21N3OS. The largest absolute Gasteiger partial charge is 0.297 e. The molecule has 3 aromatic rings. The quantitative estimate of drug-likeness (QED) is 0.708. The van der Waals surface area contributed by atoms with E-state index in [4.69, 9.17) is 0 Å². The molecule has 0 bridgehead atoms. The maximum Gasteiger partial charge on any atom is 0.260 e. The number of anilines is 1. The molecule has 1 saturated heterocycles. The Bertz CT molecular complexity index is 940. The molecule has 1 amide bonds. The van der Waals surface area contributed by atoms with Gasteiger partial charge in [-0.15, -0.1) is 0 Å². The summed E-state index contributed by atoms with van der Waals surface area (Å²) in [5.74, 6) is 0.137. The van der Waals surface area contributed by atoms with E-state index in [1.54, 1.807) is 11.3 Å². The molecule has 3 heterocycles. The normalized spacial score (nSPS) is 18.2. The Hall–Kier alpha value is -2.21. The molecule has 5 rings (SSSR count). The van der Waals surface area contributed by atoms with E-state index in [0.29, 0.717) is 6.67 Å². The molecule has 4 nitrogen and oxygen atoms in total. The van der Waals surface area contributed by atoms with Crippen molar-refractivity contribution in [3.63, 3.8) is 0 Å². The minimum absolute atomic E-state index is 0.137. The number of benzene rings is 2. The molecule has 0 spiro atoms. The van der Waals surface area contributed by atoms with Crippen LogP contribution in [-0.4, -0.2) is 48.6 Å². The Morgan fingerprint density at radius 2 is 1.69 bits per heavy atom. The molecule has 2 aliphatic heterocycles. The molecule has 2 aromatic carbocycles. The van der Waals surface area contributed by atoms with Gasteiger partial charge in [-0.2, -0.15) is 11.3 Å². The lowest BCUT2D eigenvalue weighted by atomic mass is 10.1. The zero-order valence-electron chi connectivity index (χ0n) is 14.6. The first-order chi connectivity index (χ1) is 12.8. The number of nitrogens with zero attached hydrogens (tertiary/aromatic N) is 3. The fourth-order valence-electron chi connectivity index (χ4n) is 4.05. The van der Waals surface area contributed by atoms with Gasteiger partial charge in [0.1, 0.15) is 0 Å². The van der Waals surface area contributed by atoms with E-state index in [2.05, 4.69) is 44.8 Å². The highest BCUT2D eigenvalue weighted by atomic mass is 32.1. The van der Waals surface area contributed by atoms with Gasteiger partial charge in [-0.1, -0.05) is 24.3 Å². The van der Waals surface area contributed by atoms with Crippen LogP contribution in [0.3, 0.4) is 0 Å². The van der Waals surface area contributed by atoms with Crippen molar-refractivity contribution in [3.8, 4) is 0 Å². The smallest absolute Gasteiger partial charge is 0.260 e. The summed E-state index contributed by atoms with van der Waals surface area (Å²) in [5, 5.41) is 6.63. The molecule has 132 valence electrons. The van der Waals surface area contributed by atoms with Crippen molar-refractivity contribution in [3.05, 3.63) is 64.4 Å². The molecule has 0 aliphatic carbocycles. The molecule has 1 fully saturated rings. The van der Waals surface area contributed by atoms with Crippen LogP contribution in [0.2, 0.25) is 0 Å². The van der Waals surface area contributed by atoms with Gasteiger partial charge in [0.05, 0.1) is 12.4 Å². The summed E-state index contributed by atoms with van der Waals surface area (Å²) < 4.78 is 0. The molecule has 0 unspecified atom stereocenters. The van der Waals surface area contributed by atoms with Crippen LogP contribution in [0.25, 0.3) is 10.8 Å². The van der Waals surface area contributed by atoms with Gasteiger partial charge in [-0.25, -0.2) is 0 Å². The molecule has 2 aliphatic rings. The monoisotopic (exact) mass is 363 g/mol. The number of hydrogen-bond acceptors (Lipinski definition) is 4. The van der Waals surface area contributed by atoms with E-state index in [0.717, 1.165) is 54.7 Å². The van der Waals surface area contributed by atoms with Crippen molar-refractivity contribution in [1.82, 2.24) is 9.80 Å². The van der Waals surface area contributed by atoms with Crippen LogP contribution in [0.1, 0.15) is 15.9 Å². The van der Waals surface area contributed by atoms with Crippen LogP contribution in [0, 0.1) is 0 Å². The fraction of sp³-hybridized carbons (Fsp3) is 0.286. The third-order valence-electron chi connectivity index (χ3n) is 5.44. The van der Waals surface area contributed by atoms with Crippen molar-refractivity contribution < 1.29 is 4.79 Å². The number of carbonyl (C=O) groups excluding carboxylic acids is 1. The Labute approximate surface area is 157 Å². The fourth-order valence-corrected chi connectivity index (χ4v) is 4.71. The first-order valence-corrected chi connectivity index (χ1v) is 10.0. The Balaban J connectivity index is 1.28. The predicted molar refractivity (Wildman–Crippen MR) is 107 cm³/mol. The number of carbonyl (C=O) groups is 1. The van der Waals surface area contributed by atoms with Gasteiger partial charge in [0.15, 0.2) is 0 Å². The maximum atomic E-state index is 12.9. The van der Waals surface area contributed by atoms with Crippen molar-refractivity contribution in [1.29, 1.82) is 0 Å². The zero-order chi connectivity index (χ0) is 17.5. The van der Waals surface area contributed by atoms with E-state index in [1.807, 2.05) is 23.1 Å². The molecule has 0 radical (unpaired) electrons. The van der Waals surface area contributed by atoms with E-state index in [1.165, 1.54) is 5.56 Å². The average molecular weight is 363 g/mol. The SMILES string of the molecule is O=C1c2cccc3cccc(c23)N1CN1CCN(Cc2ccsc2)CC1. The summed E-state index contributed by atoms with van der Waals surface area (Å²) in [6.07, 6.45) is 0. The second-order valence-corrected chi connectivity index (χ2v) is 7.86. The Morgan fingerprint density at radius 1 is 0.923 bits per heavy atom. The molecule has 26 heavy (non-hydrogen) atoms. The van der Waals surface area contributed by atoms with E-state index in [9.17, 15) is 4.79 Å². The second-order valence-electron chi connectivity index (χ2n) is 7.08. The van der Waals surface area contributed by atoms with Gasteiger partial charge in [-0.3, -0.25) is 19.5 Å². The molecular weight excluding hydrogens is 342 g/mol. The Kier molecular flexibility index (Phi) is 4.00. The topological polar surface area (TPSA) is 26.8 Å². The van der Waals surface area contributed by atoms with Gasteiger partial charge in [-0.05, 0) is 39.9 Å². The highest BCUT2D eigenvalue weighted by Crippen LogP contribution is 2.37. The highest BCUT2D eigenvalue weighted by molar-refractivity contribution is 7.07. The molecule has 0 N–H and O–H groups in total. The summed E-state index contributed by atoms with van der Waals surface area (Å²) >= 11 is 1.76. The Morgan fingerprint density at radius 3 is 2.46 bits per heavy atom. The lowest BCUT2D eigenvalue weighted by molar-refractivity contribution is 0.0935. The number of piperazine rings is 1. The van der Waals surface area contributed by atoms with Crippen LogP contribution in [0.15, 0.2) is 53.2 Å². The lowest BCUT2D eigenvalue weighted by Crippen LogP contribution is -2.50. The van der Waals surface area contributed by atoms with E-state index < -0.39 is 0 Å². The molecule has 0 atom stereocenters. The summed E-state index contributed by atoms with van der Waals surface area (Å²) in [7, 11) is 0. The van der Waals surface area contributed by atoms with Crippen molar-refractivity contribution in [2.75, 3.05) is 37.7 Å². The van der Waals surface area contributed by atoms with Crippen LogP contribution in [0.5, 0.6) is 0 Å². The maximum absolute atomic E-state index is 12.9. The van der Waals surface area contributed by atoms with Crippen molar-refractivity contribution in [2.45, 2.75) is 6.54 Å². The second kappa shape index (κ2) is 6.50. The van der Waals surface area contributed by atoms with Crippen molar-refractivity contribution >= 4 is 33.7 Å². The number of rotatable bonds is 4. The zero-order valence-corrected chi connectivity index (χ0v) is 15.4. The lowest BCUT2D eigenvalue weighted by Gasteiger charge is -2.36. The molecule has 0 saturated carbocycles. The van der Waals surface area contributed by atoms with Crippen LogP contribution in [0.4, 0.5) is 5.69 Å². The molecule has 1 aromatic heterocycles. The van der Waals surface area contributed by atoms with Gasteiger partial charge in [0, 0.05) is 43.7 Å². The first-order valence-electron chi connectivity index (χ1n) is 9.09. The van der Waals surface area contributed by atoms with Crippen LogP contribution >= 0.6 is 11.3 Å². The first kappa shape index (κ1) is 16.0. The van der Waals surface area contributed by atoms with Gasteiger partial charge < -0.3 is 0 Å².